The van der Waals surface area contributed by atoms with Gasteiger partial charge in [0.1, 0.15) is 5.92 Å². The molecule has 0 heterocycles. The third-order valence-corrected chi connectivity index (χ3v) is 2.05. The Morgan fingerprint density at radius 3 is 2.21 bits per heavy atom. The van der Waals surface area contributed by atoms with Gasteiger partial charge >= 0.3 is 5.97 Å². The molecule has 0 aromatic carbocycles. The van der Waals surface area contributed by atoms with E-state index in [1.165, 1.54) is 0 Å². The third-order valence-electron chi connectivity index (χ3n) is 2.05. The second-order valence-corrected chi connectivity index (χ2v) is 4.35. The van der Waals surface area contributed by atoms with Gasteiger partial charge in [0, 0.05) is 0 Å². The summed E-state index contributed by atoms with van der Waals surface area (Å²) in [7, 11) is 0. The minimum absolute atomic E-state index is 0.256. The zero-order valence-corrected chi connectivity index (χ0v) is 9.28. The van der Waals surface area contributed by atoms with E-state index in [1.807, 2.05) is 0 Å². The third kappa shape index (κ3) is 3.64. The number of aliphatic hydroxyl groups excluding tert-OH is 2. The van der Waals surface area contributed by atoms with Gasteiger partial charge in [-0.3, -0.25) is 4.79 Å². The molecule has 0 aromatic heterocycles. The van der Waals surface area contributed by atoms with Crippen LogP contribution in [0, 0.1) is 11.3 Å². The molecule has 0 unspecified atom stereocenters. The molecule has 4 heteroatoms. The molecule has 0 aliphatic rings. The fraction of sp³-hybridized carbons (Fsp3) is 0.900. The summed E-state index contributed by atoms with van der Waals surface area (Å²) >= 11 is 0. The molecule has 0 aliphatic heterocycles. The highest BCUT2D eigenvalue weighted by atomic mass is 16.5. The molecule has 0 rings (SSSR count). The van der Waals surface area contributed by atoms with Crippen molar-refractivity contribution in [2.45, 2.75) is 33.8 Å². The molecule has 0 saturated heterocycles. The molecule has 0 saturated carbocycles. The van der Waals surface area contributed by atoms with Gasteiger partial charge in [0.05, 0.1) is 19.3 Å². The minimum atomic E-state index is -0.897. The van der Waals surface area contributed by atoms with E-state index in [1.54, 1.807) is 27.7 Å². The number of carbonyl (C=O) groups is 1. The summed E-state index contributed by atoms with van der Waals surface area (Å²) in [5.74, 6) is -1.40. The molecule has 0 aromatic rings. The molecule has 14 heavy (non-hydrogen) atoms. The van der Waals surface area contributed by atoms with E-state index in [-0.39, 0.29) is 6.61 Å². The zero-order chi connectivity index (χ0) is 11.4. The molecular weight excluding hydrogens is 184 g/mol. The Balaban J connectivity index is 4.48. The summed E-state index contributed by atoms with van der Waals surface area (Å²) < 4.78 is 4.75. The highest BCUT2D eigenvalue weighted by Gasteiger charge is 2.35. The van der Waals surface area contributed by atoms with E-state index in [9.17, 15) is 9.90 Å². The summed E-state index contributed by atoms with van der Waals surface area (Å²) in [6, 6.07) is 0. The Hall–Kier alpha value is -0.610. The summed E-state index contributed by atoms with van der Waals surface area (Å²) in [5, 5.41) is 18.8. The van der Waals surface area contributed by atoms with Crippen LogP contribution in [-0.2, 0) is 9.53 Å². The maximum atomic E-state index is 11.3. The number of aliphatic hydroxyl groups is 2. The zero-order valence-electron chi connectivity index (χ0n) is 9.28. The standard InChI is InChI=1S/C10H20O4/c1-5-14-9(13)7(6-11)8(12)10(2,3)4/h7-8,11-12H,5-6H2,1-4H3/t7-,8+/m1/s1. The smallest absolute Gasteiger partial charge is 0.313 e. The highest BCUT2D eigenvalue weighted by Crippen LogP contribution is 2.25. The van der Waals surface area contributed by atoms with Crippen LogP contribution in [0.2, 0.25) is 0 Å². The minimum Gasteiger partial charge on any atom is -0.466 e. The Morgan fingerprint density at radius 1 is 1.43 bits per heavy atom. The lowest BCUT2D eigenvalue weighted by molar-refractivity contribution is -0.157. The Bertz CT molecular complexity index is 183. The first kappa shape index (κ1) is 13.4. The van der Waals surface area contributed by atoms with Crippen molar-refractivity contribution in [3.05, 3.63) is 0 Å². The van der Waals surface area contributed by atoms with Crippen LogP contribution in [0.15, 0.2) is 0 Å². The van der Waals surface area contributed by atoms with Crippen molar-refractivity contribution in [1.29, 1.82) is 0 Å². The first-order valence-electron chi connectivity index (χ1n) is 4.80. The molecule has 0 radical (unpaired) electrons. The molecule has 84 valence electrons. The van der Waals surface area contributed by atoms with Gasteiger partial charge < -0.3 is 14.9 Å². The molecule has 2 N–H and O–H groups in total. The fourth-order valence-corrected chi connectivity index (χ4v) is 1.16. The molecule has 0 bridgehead atoms. The van der Waals surface area contributed by atoms with Crippen LogP contribution in [0.1, 0.15) is 27.7 Å². The Labute approximate surface area is 84.9 Å². The monoisotopic (exact) mass is 204 g/mol. The van der Waals surface area contributed by atoms with Crippen LogP contribution >= 0.6 is 0 Å². The second-order valence-electron chi connectivity index (χ2n) is 4.35. The van der Waals surface area contributed by atoms with E-state index in [0.29, 0.717) is 0 Å². The fourth-order valence-electron chi connectivity index (χ4n) is 1.16. The lowest BCUT2D eigenvalue weighted by Crippen LogP contribution is -2.41. The van der Waals surface area contributed by atoms with E-state index < -0.39 is 30.0 Å². The lowest BCUT2D eigenvalue weighted by Gasteiger charge is -2.30. The number of ether oxygens (including phenoxy) is 1. The number of hydrogen-bond donors (Lipinski definition) is 2. The molecular formula is C10H20O4. The quantitative estimate of drug-likeness (QED) is 0.657. The summed E-state index contributed by atoms with van der Waals surface area (Å²) in [4.78, 5) is 11.3. The van der Waals surface area contributed by atoms with Crippen molar-refractivity contribution in [2.24, 2.45) is 11.3 Å². The molecule has 4 nitrogen and oxygen atoms in total. The first-order valence-corrected chi connectivity index (χ1v) is 4.80. The molecule has 0 fully saturated rings. The van der Waals surface area contributed by atoms with Crippen LogP contribution in [0.4, 0.5) is 0 Å². The van der Waals surface area contributed by atoms with Gasteiger partial charge in [-0.25, -0.2) is 0 Å². The van der Waals surface area contributed by atoms with Crippen LogP contribution in [0.5, 0.6) is 0 Å². The Morgan fingerprint density at radius 2 is 1.93 bits per heavy atom. The van der Waals surface area contributed by atoms with Crippen LogP contribution in [0.25, 0.3) is 0 Å². The summed E-state index contributed by atoms with van der Waals surface area (Å²) in [5.41, 5.74) is -0.444. The number of esters is 1. The van der Waals surface area contributed by atoms with Crippen molar-refractivity contribution in [3.63, 3.8) is 0 Å². The van der Waals surface area contributed by atoms with Gasteiger partial charge in [0.2, 0.25) is 0 Å². The van der Waals surface area contributed by atoms with E-state index in [4.69, 9.17) is 9.84 Å². The van der Waals surface area contributed by atoms with Crippen molar-refractivity contribution < 1.29 is 19.7 Å². The van der Waals surface area contributed by atoms with E-state index in [2.05, 4.69) is 0 Å². The maximum absolute atomic E-state index is 11.3. The largest absolute Gasteiger partial charge is 0.466 e. The van der Waals surface area contributed by atoms with Crippen LogP contribution in [0.3, 0.4) is 0 Å². The van der Waals surface area contributed by atoms with E-state index in [0.717, 1.165) is 0 Å². The number of hydrogen-bond acceptors (Lipinski definition) is 4. The molecule has 0 amide bonds. The molecule has 0 spiro atoms. The second kappa shape index (κ2) is 5.32. The predicted octanol–water partition coefficient (Wildman–Crippen LogP) is 0.565. The van der Waals surface area contributed by atoms with Crippen LogP contribution in [-0.4, -0.2) is 35.5 Å². The predicted molar refractivity (Wildman–Crippen MR) is 52.7 cm³/mol. The summed E-state index contributed by atoms with van der Waals surface area (Å²) in [6.07, 6.45) is -0.897. The average Bonchev–Trinajstić information content (AvgIpc) is 2.04. The SMILES string of the molecule is CCOC(=O)[C@H](CO)[C@H](O)C(C)(C)C. The van der Waals surface area contributed by atoms with Crippen molar-refractivity contribution in [3.8, 4) is 0 Å². The van der Waals surface area contributed by atoms with Gasteiger partial charge in [-0.1, -0.05) is 20.8 Å². The topological polar surface area (TPSA) is 66.8 Å². The normalized spacial score (nSPS) is 16.1. The van der Waals surface area contributed by atoms with Gasteiger partial charge in [0.15, 0.2) is 0 Å². The van der Waals surface area contributed by atoms with Gasteiger partial charge in [-0.2, -0.15) is 0 Å². The Kier molecular flexibility index (Phi) is 5.08. The van der Waals surface area contributed by atoms with E-state index >= 15 is 0 Å². The van der Waals surface area contributed by atoms with Gasteiger partial charge in [0.25, 0.3) is 0 Å². The lowest BCUT2D eigenvalue weighted by atomic mass is 9.81. The number of rotatable bonds is 4. The first-order chi connectivity index (χ1) is 6.34. The van der Waals surface area contributed by atoms with Crippen LogP contribution < -0.4 is 0 Å². The van der Waals surface area contributed by atoms with Gasteiger partial charge in [-0.15, -0.1) is 0 Å². The molecule has 2 atom stereocenters. The molecule has 0 aliphatic carbocycles. The van der Waals surface area contributed by atoms with Gasteiger partial charge in [-0.05, 0) is 12.3 Å². The maximum Gasteiger partial charge on any atom is 0.313 e. The average molecular weight is 204 g/mol. The van der Waals surface area contributed by atoms with Crippen molar-refractivity contribution in [1.82, 2.24) is 0 Å². The highest BCUT2D eigenvalue weighted by molar-refractivity contribution is 5.73. The number of carbonyl (C=O) groups excluding carboxylic acids is 1. The van der Waals surface area contributed by atoms with Crippen molar-refractivity contribution in [2.75, 3.05) is 13.2 Å². The summed E-state index contributed by atoms with van der Waals surface area (Å²) in [6.45, 7) is 6.97. The van der Waals surface area contributed by atoms with Crippen molar-refractivity contribution >= 4 is 5.97 Å².